The monoisotopic (exact) mass is 232 g/mol. The van der Waals surface area contributed by atoms with Gasteiger partial charge in [-0.25, -0.2) is 0 Å². The lowest BCUT2D eigenvalue weighted by Crippen LogP contribution is -2.33. The van der Waals surface area contributed by atoms with Crippen LogP contribution >= 0.6 is 0 Å². The van der Waals surface area contributed by atoms with E-state index in [0.29, 0.717) is 12.0 Å². The van der Waals surface area contributed by atoms with Gasteiger partial charge in [-0.15, -0.1) is 0 Å². The molecule has 2 N–H and O–H groups in total. The van der Waals surface area contributed by atoms with Gasteiger partial charge in [0.1, 0.15) is 5.75 Å². The quantitative estimate of drug-likeness (QED) is 0.821. The van der Waals surface area contributed by atoms with E-state index in [9.17, 15) is 0 Å². The van der Waals surface area contributed by atoms with Crippen molar-refractivity contribution in [1.82, 2.24) is 5.32 Å². The highest BCUT2D eigenvalue weighted by Gasteiger charge is 2.29. The molecule has 2 aliphatic heterocycles. The summed E-state index contributed by atoms with van der Waals surface area (Å²) in [5, 5.41) is 7.12. The Balaban J connectivity index is 1.90. The molecule has 0 spiro atoms. The number of hydrogen-bond acceptors (Lipinski definition) is 3. The Kier molecular flexibility index (Phi) is 2.93. The second kappa shape index (κ2) is 4.57. The molecule has 2 aliphatic rings. The summed E-state index contributed by atoms with van der Waals surface area (Å²) < 4.78 is 5.29. The molecule has 0 saturated carbocycles. The highest BCUT2D eigenvalue weighted by atomic mass is 16.5. The average molecular weight is 232 g/mol. The zero-order chi connectivity index (χ0) is 11.7. The summed E-state index contributed by atoms with van der Waals surface area (Å²) in [6, 6.07) is 7.10. The molecule has 0 aliphatic carbocycles. The van der Waals surface area contributed by atoms with Crippen molar-refractivity contribution in [1.29, 1.82) is 0 Å². The van der Waals surface area contributed by atoms with Gasteiger partial charge in [-0.1, -0.05) is 6.07 Å². The Bertz CT molecular complexity index is 399. The molecular weight excluding hydrogens is 212 g/mol. The molecule has 3 rings (SSSR count). The first kappa shape index (κ1) is 10.9. The van der Waals surface area contributed by atoms with Crippen LogP contribution in [0.15, 0.2) is 18.2 Å². The van der Waals surface area contributed by atoms with Crippen molar-refractivity contribution in [3.05, 3.63) is 23.8 Å². The largest absolute Gasteiger partial charge is 0.497 e. The SMILES string of the molecule is COc1ccc2c(c1)NCCC2C1CCCN1. The predicted molar refractivity (Wildman–Crippen MR) is 69.9 cm³/mol. The second-order valence-electron chi connectivity index (χ2n) is 4.98. The number of benzene rings is 1. The van der Waals surface area contributed by atoms with E-state index in [0.717, 1.165) is 12.3 Å². The molecule has 2 heterocycles. The van der Waals surface area contributed by atoms with Gasteiger partial charge in [0.15, 0.2) is 0 Å². The minimum atomic E-state index is 0.666. The first-order chi connectivity index (χ1) is 8.38. The molecule has 0 bridgehead atoms. The van der Waals surface area contributed by atoms with Gasteiger partial charge in [-0.2, -0.15) is 0 Å². The van der Waals surface area contributed by atoms with Crippen molar-refractivity contribution in [2.45, 2.75) is 31.2 Å². The zero-order valence-electron chi connectivity index (χ0n) is 10.3. The van der Waals surface area contributed by atoms with E-state index >= 15 is 0 Å². The van der Waals surface area contributed by atoms with Gasteiger partial charge in [0, 0.05) is 30.3 Å². The number of hydrogen-bond donors (Lipinski definition) is 2. The number of nitrogens with one attached hydrogen (secondary N) is 2. The molecule has 0 radical (unpaired) electrons. The molecule has 17 heavy (non-hydrogen) atoms. The Morgan fingerprint density at radius 2 is 2.18 bits per heavy atom. The minimum Gasteiger partial charge on any atom is -0.497 e. The standard InChI is InChI=1S/C14H20N2O/c1-17-10-4-5-11-12(13-3-2-7-15-13)6-8-16-14(11)9-10/h4-5,9,12-13,15-16H,2-3,6-8H2,1H3. The van der Waals surface area contributed by atoms with Gasteiger partial charge < -0.3 is 15.4 Å². The van der Waals surface area contributed by atoms with E-state index in [1.165, 1.54) is 37.1 Å². The Hall–Kier alpha value is -1.22. The van der Waals surface area contributed by atoms with E-state index < -0.39 is 0 Å². The lowest BCUT2D eigenvalue weighted by atomic mass is 9.84. The predicted octanol–water partition coefficient (Wildman–Crippen LogP) is 2.35. The zero-order valence-corrected chi connectivity index (χ0v) is 10.3. The molecule has 92 valence electrons. The molecular formula is C14H20N2O. The molecule has 0 aromatic heterocycles. The summed E-state index contributed by atoms with van der Waals surface area (Å²) in [5.74, 6) is 1.61. The third kappa shape index (κ3) is 2.00. The van der Waals surface area contributed by atoms with Gasteiger partial charge >= 0.3 is 0 Å². The molecule has 2 atom stereocenters. The minimum absolute atomic E-state index is 0.666. The van der Waals surface area contributed by atoms with Crippen molar-refractivity contribution in [3.63, 3.8) is 0 Å². The second-order valence-corrected chi connectivity index (χ2v) is 4.98. The number of fused-ring (bicyclic) bond motifs is 1. The molecule has 3 heteroatoms. The van der Waals surface area contributed by atoms with E-state index in [-0.39, 0.29) is 0 Å². The number of ether oxygens (including phenoxy) is 1. The molecule has 0 amide bonds. The van der Waals surface area contributed by atoms with Crippen LogP contribution in [0.1, 0.15) is 30.7 Å². The van der Waals surface area contributed by atoms with Crippen LogP contribution < -0.4 is 15.4 Å². The third-order valence-corrected chi connectivity index (χ3v) is 4.01. The van der Waals surface area contributed by atoms with Gasteiger partial charge in [-0.3, -0.25) is 0 Å². The van der Waals surface area contributed by atoms with Crippen molar-refractivity contribution in [2.24, 2.45) is 0 Å². The normalized spacial score (nSPS) is 27.4. The summed E-state index contributed by atoms with van der Waals surface area (Å²) in [6.07, 6.45) is 3.87. The van der Waals surface area contributed by atoms with E-state index in [1.54, 1.807) is 7.11 Å². The summed E-state index contributed by atoms with van der Waals surface area (Å²) in [7, 11) is 1.72. The van der Waals surface area contributed by atoms with Crippen LogP contribution in [0, 0.1) is 0 Å². The molecule has 3 nitrogen and oxygen atoms in total. The summed E-state index contributed by atoms with van der Waals surface area (Å²) in [5.41, 5.74) is 2.71. The van der Waals surface area contributed by atoms with Gasteiger partial charge in [0.2, 0.25) is 0 Å². The Morgan fingerprint density at radius 3 is 2.94 bits per heavy atom. The average Bonchev–Trinajstić information content (AvgIpc) is 2.91. The third-order valence-electron chi connectivity index (χ3n) is 4.01. The maximum Gasteiger partial charge on any atom is 0.120 e. The highest BCUT2D eigenvalue weighted by molar-refractivity contribution is 5.58. The summed E-state index contributed by atoms with van der Waals surface area (Å²) in [4.78, 5) is 0. The first-order valence-corrected chi connectivity index (χ1v) is 6.53. The van der Waals surface area contributed by atoms with Gasteiger partial charge in [0.25, 0.3) is 0 Å². The number of rotatable bonds is 2. The topological polar surface area (TPSA) is 33.3 Å². The highest BCUT2D eigenvalue weighted by Crippen LogP contribution is 2.38. The fraction of sp³-hybridized carbons (Fsp3) is 0.571. The fourth-order valence-corrected chi connectivity index (χ4v) is 3.13. The maximum absolute atomic E-state index is 5.29. The van der Waals surface area contributed by atoms with Crippen molar-refractivity contribution in [2.75, 3.05) is 25.5 Å². The van der Waals surface area contributed by atoms with E-state index in [2.05, 4.69) is 28.8 Å². The molecule has 2 unspecified atom stereocenters. The van der Waals surface area contributed by atoms with Crippen molar-refractivity contribution in [3.8, 4) is 5.75 Å². The summed E-state index contributed by atoms with van der Waals surface area (Å²) in [6.45, 7) is 2.25. The van der Waals surface area contributed by atoms with Crippen LogP contribution in [-0.4, -0.2) is 26.2 Å². The van der Waals surface area contributed by atoms with Crippen LogP contribution in [0.2, 0.25) is 0 Å². The number of methoxy groups -OCH3 is 1. The van der Waals surface area contributed by atoms with Crippen LogP contribution in [-0.2, 0) is 0 Å². The van der Waals surface area contributed by atoms with Crippen molar-refractivity contribution >= 4 is 5.69 Å². The number of anilines is 1. The van der Waals surface area contributed by atoms with Crippen LogP contribution in [0.4, 0.5) is 5.69 Å². The van der Waals surface area contributed by atoms with E-state index in [4.69, 9.17) is 4.74 Å². The maximum atomic E-state index is 5.29. The van der Waals surface area contributed by atoms with Gasteiger partial charge in [0.05, 0.1) is 7.11 Å². The fourth-order valence-electron chi connectivity index (χ4n) is 3.13. The molecule has 1 fully saturated rings. The van der Waals surface area contributed by atoms with Crippen LogP contribution in [0.25, 0.3) is 0 Å². The van der Waals surface area contributed by atoms with Crippen LogP contribution in [0.3, 0.4) is 0 Å². The Labute approximate surface area is 103 Å². The lowest BCUT2D eigenvalue weighted by molar-refractivity contribution is 0.413. The van der Waals surface area contributed by atoms with Crippen molar-refractivity contribution < 1.29 is 4.74 Å². The Morgan fingerprint density at radius 1 is 1.24 bits per heavy atom. The molecule has 1 aromatic carbocycles. The molecule has 1 aromatic rings. The van der Waals surface area contributed by atoms with Gasteiger partial charge in [-0.05, 0) is 37.4 Å². The lowest BCUT2D eigenvalue weighted by Gasteiger charge is -2.31. The van der Waals surface area contributed by atoms with E-state index in [1.807, 2.05) is 0 Å². The molecule has 1 saturated heterocycles. The smallest absolute Gasteiger partial charge is 0.120 e. The summed E-state index contributed by atoms with van der Waals surface area (Å²) >= 11 is 0. The van der Waals surface area contributed by atoms with Crippen LogP contribution in [0.5, 0.6) is 5.75 Å². The first-order valence-electron chi connectivity index (χ1n) is 6.53.